The molecule has 2 aromatic carbocycles. The molecule has 6 nitrogen and oxygen atoms in total. The lowest BCUT2D eigenvalue weighted by Gasteiger charge is -2.10. The van der Waals surface area contributed by atoms with Crippen molar-refractivity contribution in [1.29, 1.82) is 0 Å². The third-order valence-electron chi connectivity index (χ3n) is 3.52. The van der Waals surface area contributed by atoms with Crippen LogP contribution in [0, 0.1) is 0 Å². The maximum Gasteiger partial charge on any atom is 0.307 e. The Morgan fingerprint density at radius 2 is 1.76 bits per heavy atom. The summed E-state index contributed by atoms with van der Waals surface area (Å²) in [4.78, 5) is 23.0. The first-order valence-electron chi connectivity index (χ1n) is 7.42. The van der Waals surface area contributed by atoms with Crippen molar-refractivity contribution in [3.05, 3.63) is 59.2 Å². The summed E-state index contributed by atoms with van der Waals surface area (Å²) in [5.74, 6) is -0.970. The first-order valence-corrected chi connectivity index (χ1v) is 7.42. The second-order valence-corrected chi connectivity index (χ2v) is 5.23. The van der Waals surface area contributed by atoms with Crippen LogP contribution >= 0.6 is 0 Å². The molecule has 0 radical (unpaired) electrons. The Bertz CT molecular complexity index is 805. The number of carbonyl (C=O) groups is 2. The zero-order chi connectivity index (χ0) is 18.4. The molecule has 0 saturated heterocycles. The van der Waals surface area contributed by atoms with Crippen LogP contribution < -0.4 is 9.47 Å². The minimum absolute atomic E-state index is 0.0436. The van der Waals surface area contributed by atoms with Gasteiger partial charge in [-0.15, -0.1) is 0 Å². The van der Waals surface area contributed by atoms with Crippen LogP contribution in [0.5, 0.6) is 17.2 Å². The van der Waals surface area contributed by atoms with Gasteiger partial charge in [-0.25, -0.2) is 0 Å². The number of hydrogen-bond donors (Lipinski definition) is 2. The number of aliphatic carboxylic acids is 1. The van der Waals surface area contributed by atoms with Crippen LogP contribution in [0.15, 0.2) is 42.5 Å². The molecule has 0 amide bonds. The first kappa shape index (κ1) is 18.1. The molecule has 2 aromatic rings. The number of rotatable bonds is 7. The van der Waals surface area contributed by atoms with Crippen molar-refractivity contribution in [3.63, 3.8) is 0 Å². The number of phenolic OH excluding ortho intramolecular Hbond substituents is 1. The maximum absolute atomic E-state index is 12.4. The lowest BCUT2D eigenvalue weighted by Crippen LogP contribution is -2.01. The van der Waals surface area contributed by atoms with E-state index in [1.165, 1.54) is 32.4 Å². The Labute approximate surface area is 144 Å². The molecule has 0 atom stereocenters. The van der Waals surface area contributed by atoms with Crippen LogP contribution in [0.1, 0.15) is 21.5 Å². The van der Waals surface area contributed by atoms with Gasteiger partial charge in [-0.2, -0.15) is 0 Å². The average Bonchev–Trinajstić information content (AvgIpc) is 2.59. The molecule has 130 valence electrons. The molecule has 2 N–H and O–H groups in total. The average molecular weight is 342 g/mol. The van der Waals surface area contributed by atoms with Crippen LogP contribution in [0.25, 0.3) is 6.08 Å². The summed E-state index contributed by atoms with van der Waals surface area (Å²) in [6, 6.07) is 9.65. The SMILES string of the molecule is COc1cc(O)c(C(=O)C=Cc2ccc(CC(=O)O)cc2)c(OC)c1. The first-order chi connectivity index (χ1) is 11.9. The number of benzene rings is 2. The molecule has 6 heteroatoms. The normalized spacial score (nSPS) is 10.6. The molecule has 0 aliphatic rings. The third kappa shape index (κ3) is 4.60. The second-order valence-electron chi connectivity index (χ2n) is 5.23. The van der Waals surface area contributed by atoms with Gasteiger partial charge in [0, 0.05) is 12.1 Å². The molecule has 0 aromatic heterocycles. The number of carboxylic acids is 1. The van der Waals surface area contributed by atoms with Gasteiger partial charge in [-0.1, -0.05) is 30.3 Å². The predicted molar refractivity (Wildman–Crippen MR) is 92.4 cm³/mol. The summed E-state index contributed by atoms with van der Waals surface area (Å²) in [6.45, 7) is 0. The van der Waals surface area contributed by atoms with E-state index in [2.05, 4.69) is 0 Å². The number of ketones is 1. The highest BCUT2D eigenvalue weighted by Gasteiger charge is 2.17. The molecule has 2 rings (SSSR count). The quantitative estimate of drug-likeness (QED) is 0.594. The van der Waals surface area contributed by atoms with Gasteiger partial charge in [0.15, 0.2) is 5.78 Å². The number of ether oxygens (including phenoxy) is 2. The van der Waals surface area contributed by atoms with Crippen LogP contribution in [-0.4, -0.2) is 36.2 Å². The molecule has 0 aliphatic heterocycles. The number of allylic oxidation sites excluding steroid dienone is 1. The zero-order valence-corrected chi connectivity index (χ0v) is 13.9. The fraction of sp³-hybridized carbons (Fsp3) is 0.158. The minimum atomic E-state index is -0.902. The Morgan fingerprint density at radius 3 is 2.32 bits per heavy atom. The highest BCUT2D eigenvalue weighted by Crippen LogP contribution is 2.33. The number of hydrogen-bond acceptors (Lipinski definition) is 5. The molecule has 0 spiro atoms. The van der Waals surface area contributed by atoms with Gasteiger partial charge in [0.05, 0.1) is 20.6 Å². The predicted octanol–water partition coefficient (Wildman–Crippen LogP) is 2.93. The summed E-state index contributed by atoms with van der Waals surface area (Å²) in [7, 11) is 2.85. The van der Waals surface area contributed by atoms with Gasteiger partial charge in [0.25, 0.3) is 0 Å². The van der Waals surface area contributed by atoms with Crippen LogP contribution in [0.2, 0.25) is 0 Å². The van der Waals surface area contributed by atoms with Gasteiger partial charge in [0.2, 0.25) is 0 Å². The number of phenols is 1. The maximum atomic E-state index is 12.4. The molecule has 0 saturated carbocycles. The summed E-state index contributed by atoms with van der Waals surface area (Å²) in [5, 5.41) is 18.8. The molecule has 0 aliphatic carbocycles. The van der Waals surface area contributed by atoms with E-state index in [-0.39, 0.29) is 23.5 Å². The summed E-state index contributed by atoms with van der Waals surface area (Å²) in [6.07, 6.45) is 2.84. The Balaban J connectivity index is 2.21. The van der Waals surface area contributed by atoms with Gasteiger partial charge in [-0.05, 0) is 17.2 Å². The second kappa shape index (κ2) is 8.01. The molecule has 0 unspecified atom stereocenters. The van der Waals surface area contributed by atoms with E-state index in [1.54, 1.807) is 30.3 Å². The van der Waals surface area contributed by atoms with Crippen LogP contribution in [0.4, 0.5) is 0 Å². The molecule has 0 fully saturated rings. The number of aromatic hydroxyl groups is 1. The molecule has 25 heavy (non-hydrogen) atoms. The molecular formula is C19H18O6. The summed E-state index contributed by atoms with van der Waals surface area (Å²) < 4.78 is 10.2. The molecular weight excluding hydrogens is 324 g/mol. The Morgan fingerprint density at radius 1 is 1.08 bits per heavy atom. The molecule has 0 heterocycles. The van der Waals surface area contributed by atoms with Crippen molar-refractivity contribution in [1.82, 2.24) is 0 Å². The lowest BCUT2D eigenvalue weighted by molar-refractivity contribution is -0.136. The smallest absolute Gasteiger partial charge is 0.307 e. The lowest BCUT2D eigenvalue weighted by atomic mass is 10.0. The van der Waals surface area contributed by atoms with Crippen LogP contribution in [0.3, 0.4) is 0 Å². The number of methoxy groups -OCH3 is 2. The Kier molecular flexibility index (Phi) is 5.79. The van der Waals surface area contributed by atoms with Crippen molar-refractivity contribution < 1.29 is 29.3 Å². The number of carboxylic acid groups (broad SMARTS) is 1. The van der Waals surface area contributed by atoms with Gasteiger partial charge in [-0.3, -0.25) is 9.59 Å². The van der Waals surface area contributed by atoms with Crippen molar-refractivity contribution in [3.8, 4) is 17.2 Å². The standard InChI is InChI=1S/C19H18O6/c1-24-14-10-16(21)19(17(11-14)25-2)15(20)8-7-12-3-5-13(6-4-12)9-18(22)23/h3-8,10-11,21H,9H2,1-2H3,(H,22,23). The highest BCUT2D eigenvalue weighted by atomic mass is 16.5. The monoisotopic (exact) mass is 342 g/mol. The van der Waals surface area contributed by atoms with E-state index in [0.29, 0.717) is 11.3 Å². The number of carbonyl (C=O) groups excluding carboxylic acids is 1. The van der Waals surface area contributed by atoms with Gasteiger partial charge < -0.3 is 19.7 Å². The fourth-order valence-electron chi connectivity index (χ4n) is 2.28. The van der Waals surface area contributed by atoms with E-state index in [0.717, 1.165) is 5.56 Å². The van der Waals surface area contributed by atoms with Crippen molar-refractivity contribution in [2.75, 3.05) is 14.2 Å². The Hall–Kier alpha value is -3.28. The van der Waals surface area contributed by atoms with Gasteiger partial charge >= 0.3 is 5.97 Å². The van der Waals surface area contributed by atoms with E-state index >= 15 is 0 Å². The molecule has 0 bridgehead atoms. The van der Waals surface area contributed by atoms with E-state index in [9.17, 15) is 14.7 Å². The van der Waals surface area contributed by atoms with Crippen molar-refractivity contribution >= 4 is 17.8 Å². The minimum Gasteiger partial charge on any atom is -0.507 e. The topological polar surface area (TPSA) is 93.1 Å². The van der Waals surface area contributed by atoms with E-state index in [1.807, 2.05) is 0 Å². The zero-order valence-electron chi connectivity index (χ0n) is 13.9. The fourth-order valence-corrected chi connectivity index (χ4v) is 2.28. The van der Waals surface area contributed by atoms with Crippen molar-refractivity contribution in [2.24, 2.45) is 0 Å². The largest absolute Gasteiger partial charge is 0.507 e. The summed E-state index contributed by atoms with van der Waals surface area (Å²) >= 11 is 0. The van der Waals surface area contributed by atoms with Crippen LogP contribution in [-0.2, 0) is 11.2 Å². The van der Waals surface area contributed by atoms with Gasteiger partial charge in [0.1, 0.15) is 22.8 Å². The third-order valence-corrected chi connectivity index (χ3v) is 3.52. The summed E-state index contributed by atoms with van der Waals surface area (Å²) in [5.41, 5.74) is 1.45. The van der Waals surface area contributed by atoms with E-state index < -0.39 is 11.8 Å². The van der Waals surface area contributed by atoms with E-state index in [4.69, 9.17) is 14.6 Å². The highest BCUT2D eigenvalue weighted by molar-refractivity contribution is 6.10. The van der Waals surface area contributed by atoms with Crippen molar-refractivity contribution in [2.45, 2.75) is 6.42 Å².